The summed E-state index contributed by atoms with van der Waals surface area (Å²) in [5.41, 5.74) is 2.81. The van der Waals surface area contributed by atoms with E-state index >= 15 is 0 Å². The average molecular weight is 270 g/mol. The lowest BCUT2D eigenvalue weighted by molar-refractivity contribution is -0.121. The second-order valence-electron chi connectivity index (χ2n) is 3.68. The summed E-state index contributed by atoms with van der Waals surface area (Å²) >= 11 is 5.59. The first-order valence-electron chi connectivity index (χ1n) is 5.18. The lowest BCUT2D eigenvalue weighted by Crippen LogP contribution is -2.32. The predicted octanol–water partition coefficient (Wildman–Crippen LogP) is 1.68. The van der Waals surface area contributed by atoms with Gasteiger partial charge < -0.3 is 5.32 Å². The van der Waals surface area contributed by atoms with Gasteiger partial charge in [-0.1, -0.05) is 11.6 Å². The molecule has 1 aromatic rings. The van der Waals surface area contributed by atoms with E-state index in [0.29, 0.717) is 5.69 Å². The SMILES string of the molecule is O=C1CCC(C(=O)Nc2ccc(F)c(Cl)c2)=NN1. The number of hydrazone groups is 1. The molecule has 0 saturated carbocycles. The van der Waals surface area contributed by atoms with Crippen LogP contribution in [0.2, 0.25) is 5.02 Å². The maximum absolute atomic E-state index is 12.9. The van der Waals surface area contributed by atoms with E-state index in [1.807, 2.05) is 0 Å². The molecule has 18 heavy (non-hydrogen) atoms. The Morgan fingerprint density at radius 1 is 1.44 bits per heavy atom. The van der Waals surface area contributed by atoms with E-state index in [-0.39, 0.29) is 29.5 Å². The maximum atomic E-state index is 12.9. The van der Waals surface area contributed by atoms with Crippen molar-refractivity contribution in [3.05, 3.63) is 29.0 Å². The number of anilines is 1. The molecule has 0 bridgehead atoms. The molecule has 0 saturated heterocycles. The van der Waals surface area contributed by atoms with Gasteiger partial charge in [0.1, 0.15) is 11.5 Å². The molecular formula is C11H9ClFN3O2. The fourth-order valence-electron chi connectivity index (χ4n) is 1.41. The van der Waals surface area contributed by atoms with Crippen LogP contribution in [0.5, 0.6) is 0 Å². The van der Waals surface area contributed by atoms with Gasteiger partial charge in [-0.2, -0.15) is 5.10 Å². The number of carbonyl (C=O) groups excluding carboxylic acids is 2. The molecule has 5 nitrogen and oxygen atoms in total. The highest BCUT2D eigenvalue weighted by Crippen LogP contribution is 2.19. The summed E-state index contributed by atoms with van der Waals surface area (Å²) in [4.78, 5) is 22.6. The molecule has 1 aromatic carbocycles. The molecule has 0 atom stereocenters. The highest BCUT2D eigenvalue weighted by molar-refractivity contribution is 6.43. The first kappa shape index (κ1) is 12.5. The van der Waals surface area contributed by atoms with Crippen LogP contribution in [0.4, 0.5) is 10.1 Å². The summed E-state index contributed by atoms with van der Waals surface area (Å²) in [7, 11) is 0. The Balaban J connectivity index is 2.07. The van der Waals surface area contributed by atoms with Crippen LogP contribution in [0.3, 0.4) is 0 Å². The number of nitrogens with zero attached hydrogens (tertiary/aromatic N) is 1. The standard InChI is InChI=1S/C11H9ClFN3O2/c12-7-5-6(1-2-8(7)13)14-11(18)9-3-4-10(17)16-15-9/h1-2,5H,3-4H2,(H,14,18)(H,16,17). The molecule has 0 aromatic heterocycles. The molecule has 94 valence electrons. The molecule has 7 heteroatoms. The molecule has 2 amide bonds. The van der Waals surface area contributed by atoms with Crippen LogP contribution < -0.4 is 10.7 Å². The van der Waals surface area contributed by atoms with E-state index in [0.717, 1.165) is 6.07 Å². The van der Waals surface area contributed by atoms with Gasteiger partial charge in [0.2, 0.25) is 5.91 Å². The summed E-state index contributed by atoms with van der Waals surface area (Å²) in [6.07, 6.45) is 0.489. The number of rotatable bonds is 2. The molecule has 1 heterocycles. The fourth-order valence-corrected chi connectivity index (χ4v) is 1.60. The Morgan fingerprint density at radius 2 is 2.22 bits per heavy atom. The zero-order valence-corrected chi connectivity index (χ0v) is 9.92. The Bertz CT molecular complexity index is 545. The zero-order chi connectivity index (χ0) is 13.1. The Hall–Kier alpha value is -1.95. The molecule has 0 radical (unpaired) electrons. The molecule has 1 aliphatic heterocycles. The molecule has 0 unspecified atom stereocenters. The molecular weight excluding hydrogens is 261 g/mol. The number of amides is 2. The quantitative estimate of drug-likeness (QED) is 0.858. The van der Waals surface area contributed by atoms with Crippen molar-refractivity contribution in [3.8, 4) is 0 Å². The summed E-state index contributed by atoms with van der Waals surface area (Å²) in [6, 6.07) is 3.85. The summed E-state index contributed by atoms with van der Waals surface area (Å²) in [5, 5.41) is 6.09. The van der Waals surface area contributed by atoms with Crippen molar-refractivity contribution in [2.75, 3.05) is 5.32 Å². The van der Waals surface area contributed by atoms with Crippen molar-refractivity contribution in [3.63, 3.8) is 0 Å². The first-order chi connectivity index (χ1) is 8.56. The highest BCUT2D eigenvalue weighted by atomic mass is 35.5. The topological polar surface area (TPSA) is 70.6 Å². The minimum Gasteiger partial charge on any atom is -0.321 e. The molecule has 0 fully saturated rings. The van der Waals surface area contributed by atoms with E-state index in [9.17, 15) is 14.0 Å². The second-order valence-corrected chi connectivity index (χ2v) is 4.08. The number of nitrogens with one attached hydrogen (secondary N) is 2. The average Bonchev–Trinajstić information content (AvgIpc) is 2.34. The van der Waals surface area contributed by atoms with Crippen LogP contribution in [0.1, 0.15) is 12.8 Å². The van der Waals surface area contributed by atoms with Crippen LogP contribution >= 0.6 is 11.6 Å². The van der Waals surface area contributed by atoms with Gasteiger partial charge in [0.05, 0.1) is 5.02 Å². The molecule has 0 aliphatic carbocycles. The smallest absolute Gasteiger partial charge is 0.271 e. The van der Waals surface area contributed by atoms with E-state index in [1.165, 1.54) is 12.1 Å². The van der Waals surface area contributed by atoms with Gasteiger partial charge in [-0.05, 0) is 18.2 Å². The summed E-state index contributed by atoms with van der Waals surface area (Å²) in [6.45, 7) is 0. The summed E-state index contributed by atoms with van der Waals surface area (Å²) in [5.74, 6) is -1.23. The number of benzene rings is 1. The largest absolute Gasteiger partial charge is 0.321 e. The van der Waals surface area contributed by atoms with Crippen LogP contribution in [0.25, 0.3) is 0 Å². The van der Waals surface area contributed by atoms with Gasteiger partial charge in [-0.3, -0.25) is 9.59 Å². The van der Waals surface area contributed by atoms with Crippen molar-refractivity contribution >= 4 is 34.8 Å². The molecule has 1 aliphatic rings. The zero-order valence-electron chi connectivity index (χ0n) is 9.17. The van der Waals surface area contributed by atoms with Crippen molar-refractivity contribution in [2.24, 2.45) is 5.10 Å². The Labute approximate surface area is 107 Å². The van der Waals surface area contributed by atoms with E-state index < -0.39 is 11.7 Å². The second kappa shape index (κ2) is 5.14. The van der Waals surface area contributed by atoms with Gasteiger partial charge in [-0.25, -0.2) is 9.82 Å². The third-order valence-electron chi connectivity index (χ3n) is 2.34. The van der Waals surface area contributed by atoms with Gasteiger partial charge in [0.15, 0.2) is 0 Å². The number of hydrogen-bond donors (Lipinski definition) is 2. The van der Waals surface area contributed by atoms with Crippen LogP contribution in [-0.4, -0.2) is 17.5 Å². The lowest BCUT2D eigenvalue weighted by Gasteiger charge is -2.12. The number of carbonyl (C=O) groups is 2. The Morgan fingerprint density at radius 3 is 2.83 bits per heavy atom. The minimum absolute atomic E-state index is 0.0771. The molecule has 0 spiro atoms. The summed E-state index contributed by atoms with van der Waals surface area (Å²) < 4.78 is 12.9. The van der Waals surface area contributed by atoms with Crippen LogP contribution in [0.15, 0.2) is 23.3 Å². The normalized spacial score (nSPS) is 14.8. The van der Waals surface area contributed by atoms with Crippen LogP contribution in [-0.2, 0) is 9.59 Å². The molecule has 2 rings (SSSR count). The van der Waals surface area contributed by atoms with Gasteiger partial charge in [0, 0.05) is 18.5 Å². The number of halogens is 2. The molecule has 2 N–H and O–H groups in total. The maximum Gasteiger partial charge on any atom is 0.271 e. The van der Waals surface area contributed by atoms with E-state index in [2.05, 4.69) is 15.8 Å². The fraction of sp³-hybridized carbons (Fsp3) is 0.182. The predicted molar refractivity (Wildman–Crippen MR) is 64.9 cm³/mol. The Kier molecular flexibility index (Phi) is 3.57. The van der Waals surface area contributed by atoms with Crippen molar-refractivity contribution < 1.29 is 14.0 Å². The van der Waals surface area contributed by atoms with Crippen molar-refractivity contribution in [1.29, 1.82) is 0 Å². The monoisotopic (exact) mass is 269 g/mol. The third-order valence-corrected chi connectivity index (χ3v) is 2.63. The van der Waals surface area contributed by atoms with Crippen LogP contribution in [0, 0.1) is 5.82 Å². The van der Waals surface area contributed by atoms with E-state index in [4.69, 9.17) is 11.6 Å². The van der Waals surface area contributed by atoms with Gasteiger partial charge >= 0.3 is 0 Å². The van der Waals surface area contributed by atoms with Crippen molar-refractivity contribution in [1.82, 2.24) is 5.43 Å². The van der Waals surface area contributed by atoms with Gasteiger partial charge in [0.25, 0.3) is 5.91 Å². The highest BCUT2D eigenvalue weighted by Gasteiger charge is 2.18. The number of hydrogen-bond acceptors (Lipinski definition) is 3. The van der Waals surface area contributed by atoms with E-state index in [1.54, 1.807) is 0 Å². The van der Waals surface area contributed by atoms with Crippen molar-refractivity contribution in [2.45, 2.75) is 12.8 Å². The van der Waals surface area contributed by atoms with Gasteiger partial charge in [-0.15, -0.1) is 0 Å². The first-order valence-corrected chi connectivity index (χ1v) is 5.56. The minimum atomic E-state index is -0.558. The third kappa shape index (κ3) is 2.84. The lowest BCUT2D eigenvalue weighted by atomic mass is 10.1.